The molecule has 25 heavy (non-hydrogen) atoms. The van der Waals surface area contributed by atoms with Crippen LogP contribution < -0.4 is 14.8 Å². The molecule has 1 amide bonds. The van der Waals surface area contributed by atoms with Gasteiger partial charge in [-0.05, 0) is 29.8 Å². The summed E-state index contributed by atoms with van der Waals surface area (Å²) < 4.78 is 11.1. The predicted molar refractivity (Wildman–Crippen MR) is 98.2 cm³/mol. The van der Waals surface area contributed by atoms with E-state index < -0.39 is 0 Å². The highest BCUT2D eigenvalue weighted by molar-refractivity contribution is 6.05. The van der Waals surface area contributed by atoms with Crippen LogP contribution >= 0.6 is 0 Å². The van der Waals surface area contributed by atoms with Crippen LogP contribution in [0.3, 0.4) is 0 Å². The summed E-state index contributed by atoms with van der Waals surface area (Å²) >= 11 is 0. The van der Waals surface area contributed by atoms with Gasteiger partial charge in [-0.15, -0.1) is 0 Å². The van der Waals surface area contributed by atoms with Gasteiger partial charge in [-0.1, -0.05) is 48.5 Å². The molecule has 0 saturated carbocycles. The molecule has 3 aromatic carbocycles. The average molecular weight is 333 g/mol. The van der Waals surface area contributed by atoms with Crippen LogP contribution in [0.15, 0.2) is 78.9 Å². The Morgan fingerprint density at radius 2 is 1.60 bits per heavy atom. The first-order valence-electron chi connectivity index (χ1n) is 7.97. The molecule has 0 unspecified atom stereocenters. The molecule has 1 N–H and O–H groups in total. The Morgan fingerprint density at radius 3 is 2.28 bits per heavy atom. The van der Waals surface area contributed by atoms with E-state index in [0.29, 0.717) is 29.4 Å². The number of methoxy groups -OCH3 is 1. The van der Waals surface area contributed by atoms with Crippen molar-refractivity contribution in [3.8, 4) is 11.5 Å². The molecule has 3 rings (SSSR count). The van der Waals surface area contributed by atoms with Crippen LogP contribution in [-0.2, 0) is 6.61 Å². The second-order valence-electron chi connectivity index (χ2n) is 5.46. The van der Waals surface area contributed by atoms with Crippen molar-refractivity contribution >= 4 is 11.6 Å². The summed E-state index contributed by atoms with van der Waals surface area (Å²) in [6.45, 7) is 0.418. The van der Waals surface area contributed by atoms with Crippen LogP contribution in [0.1, 0.15) is 15.9 Å². The van der Waals surface area contributed by atoms with Crippen LogP contribution in [0.4, 0.5) is 5.69 Å². The molecule has 0 aromatic heterocycles. The third-order valence-electron chi connectivity index (χ3n) is 3.71. The minimum absolute atomic E-state index is 0.196. The first kappa shape index (κ1) is 16.6. The van der Waals surface area contributed by atoms with E-state index in [1.807, 2.05) is 48.5 Å². The van der Waals surface area contributed by atoms with Crippen molar-refractivity contribution in [3.63, 3.8) is 0 Å². The molecule has 4 nitrogen and oxygen atoms in total. The van der Waals surface area contributed by atoms with E-state index in [0.717, 1.165) is 5.56 Å². The Labute approximate surface area is 147 Å². The third-order valence-corrected chi connectivity index (χ3v) is 3.71. The first-order valence-corrected chi connectivity index (χ1v) is 7.97. The molecule has 0 spiro atoms. The number of benzene rings is 3. The quantitative estimate of drug-likeness (QED) is 0.721. The maximum absolute atomic E-state index is 12.4. The highest BCUT2D eigenvalue weighted by Gasteiger charge is 2.11. The van der Waals surface area contributed by atoms with Gasteiger partial charge in [-0.25, -0.2) is 0 Å². The minimum Gasteiger partial charge on any atom is -0.497 e. The molecular formula is C21H19NO3. The number of anilines is 1. The van der Waals surface area contributed by atoms with E-state index in [9.17, 15) is 4.79 Å². The number of ether oxygens (including phenoxy) is 2. The van der Waals surface area contributed by atoms with Crippen molar-refractivity contribution in [1.82, 2.24) is 0 Å². The van der Waals surface area contributed by atoms with Crippen molar-refractivity contribution in [2.24, 2.45) is 0 Å². The van der Waals surface area contributed by atoms with Crippen LogP contribution in [0.2, 0.25) is 0 Å². The lowest BCUT2D eigenvalue weighted by atomic mass is 10.2. The minimum atomic E-state index is -0.196. The molecule has 0 heterocycles. The second-order valence-corrected chi connectivity index (χ2v) is 5.46. The molecule has 0 saturated heterocycles. The van der Waals surface area contributed by atoms with Gasteiger partial charge in [0.25, 0.3) is 5.91 Å². The smallest absolute Gasteiger partial charge is 0.255 e. The molecular weight excluding hydrogens is 314 g/mol. The molecule has 0 atom stereocenters. The van der Waals surface area contributed by atoms with E-state index in [1.165, 1.54) is 0 Å². The van der Waals surface area contributed by atoms with E-state index in [-0.39, 0.29) is 5.91 Å². The maximum atomic E-state index is 12.4. The van der Waals surface area contributed by atoms with Gasteiger partial charge in [0.1, 0.15) is 18.1 Å². The molecule has 0 bridgehead atoms. The van der Waals surface area contributed by atoms with Crippen molar-refractivity contribution < 1.29 is 14.3 Å². The Kier molecular flexibility index (Phi) is 5.32. The molecule has 0 aliphatic rings. The lowest BCUT2D eigenvalue weighted by Crippen LogP contribution is -2.13. The van der Waals surface area contributed by atoms with Gasteiger partial charge in [0.15, 0.2) is 0 Å². The van der Waals surface area contributed by atoms with E-state index in [2.05, 4.69) is 5.32 Å². The normalized spacial score (nSPS) is 10.1. The molecule has 126 valence electrons. The fourth-order valence-corrected chi connectivity index (χ4v) is 2.38. The number of hydrogen-bond acceptors (Lipinski definition) is 3. The third kappa shape index (κ3) is 4.38. The summed E-state index contributed by atoms with van der Waals surface area (Å²) in [5, 5.41) is 2.89. The number of rotatable bonds is 6. The number of carbonyl (C=O) groups excluding carboxylic acids is 1. The van der Waals surface area contributed by atoms with Crippen LogP contribution in [0, 0.1) is 0 Å². The first-order chi connectivity index (χ1) is 12.3. The van der Waals surface area contributed by atoms with Crippen LogP contribution in [0.5, 0.6) is 11.5 Å². The molecule has 4 heteroatoms. The van der Waals surface area contributed by atoms with Crippen molar-refractivity contribution in [2.75, 3.05) is 12.4 Å². The Morgan fingerprint density at radius 1 is 0.920 bits per heavy atom. The fraction of sp³-hybridized carbons (Fsp3) is 0.0952. The number of amides is 1. The lowest BCUT2D eigenvalue weighted by molar-refractivity contribution is 0.102. The van der Waals surface area contributed by atoms with Gasteiger partial charge in [0.05, 0.1) is 12.8 Å². The summed E-state index contributed by atoms with van der Waals surface area (Å²) in [5.41, 5.74) is 2.21. The molecule has 0 aliphatic carbocycles. The molecule has 3 aromatic rings. The van der Waals surface area contributed by atoms with E-state index in [4.69, 9.17) is 9.47 Å². The monoisotopic (exact) mass is 333 g/mol. The number of carbonyl (C=O) groups is 1. The van der Waals surface area contributed by atoms with E-state index in [1.54, 1.807) is 37.4 Å². The fourth-order valence-electron chi connectivity index (χ4n) is 2.38. The summed E-state index contributed by atoms with van der Waals surface area (Å²) in [6.07, 6.45) is 0. The van der Waals surface area contributed by atoms with E-state index >= 15 is 0 Å². The summed E-state index contributed by atoms with van der Waals surface area (Å²) in [4.78, 5) is 12.4. The molecule has 0 radical (unpaired) electrons. The largest absolute Gasteiger partial charge is 0.497 e. The van der Waals surface area contributed by atoms with Crippen LogP contribution in [-0.4, -0.2) is 13.0 Å². The van der Waals surface area contributed by atoms with Crippen LogP contribution in [0.25, 0.3) is 0 Å². The number of hydrogen-bond donors (Lipinski definition) is 1. The predicted octanol–water partition coefficient (Wildman–Crippen LogP) is 4.53. The van der Waals surface area contributed by atoms with Crippen molar-refractivity contribution in [1.29, 1.82) is 0 Å². The summed E-state index contributed by atoms with van der Waals surface area (Å²) in [7, 11) is 1.59. The zero-order valence-corrected chi connectivity index (χ0v) is 13.9. The van der Waals surface area contributed by atoms with Gasteiger partial charge >= 0.3 is 0 Å². The summed E-state index contributed by atoms with van der Waals surface area (Å²) in [5.74, 6) is 1.04. The highest BCUT2D eigenvalue weighted by Crippen LogP contribution is 2.30. The molecule has 0 fully saturated rings. The van der Waals surface area contributed by atoms with Gasteiger partial charge < -0.3 is 14.8 Å². The van der Waals surface area contributed by atoms with Crippen molar-refractivity contribution in [3.05, 3.63) is 90.0 Å². The molecule has 0 aliphatic heterocycles. The van der Waals surface area contributed by atoms with Gasteiger partial charge in [0.2, 0.25) is 0 Å². The maximum Gasteiger partial charge on any atom is 0.255 e. The van der Waals surface area contributed by atoms with Gasteiger partial charge in [-0.3, -0.25) is 4.79 Å². The Balaban J connectivity index is 1.79. The van der Waals surface area contributed by atoms with Crippen molar-refractivity contribution in [2.45, 2.75) is 6.61 Å². The Hall–Kier alpha value is -3.27. The number of nitrogens with one attached hydrogen (secondary N) is 1. The zero-order valence-electron chi connectivity index (χ0n) is 13.9. The zero-order chi connectivity index (χ0) is 17.5. The topological polar surface area (TPSA) is 47.6 Å². The van der Waals surface area contributed by atoms with Gasteiger partial charge in [-0.2, -0.15) is 0 Å². The Bertz CT molecular complexity index is 832. The second kappa shape index (κ2) is 8.02. The summed E-state index contributed by atoms with van der Waals surface area (Å²) in [6, 6.07) is 24.3. The highest BCUT2D eigenvalue weighted by atomic mass is 16.5. The van der Waals surface area contributed by atoms with Gasteiger partial charge in [0, 0.05) is 11.6 Å². The standard InChI is InChI=1S/C21H19NO3/c1-24-18-12-13-20(25-15-16-8-4-2-5-9-16)19(14-18)22-21(23)17-10-6-3-7-11-17/h2-14H,15H2,1H3,(H,22,23). The average Bonchev–Trinajstić information content (AvgIpc) is 2.68. The SMILES string of the molecule is COc1ccc(OCc2ccccc2)c(NC(=O)c2ccccc2)c1. The lowest BCUT2D eigenvalue weighted by Gasteiger charge is -2.14.